The van der Waals surface area contributed by atoms with Gasteiger partial charge in [-0.1, -0.05) is 30.3 Å². The van der Waals surface area contributed by atoms with Crippen molar-refractivity contribution in [3.05, 3.63) is 89.4 Å². The summed E-state index contributed by atoms with van der Waals surface area (Å²) >= 11 is 1.39. The summed E-state index contributed by atoms with van der Waals surface area (Å²) in [4.78, 5) is 17.2. The molecule has 36 heavy (non-hydrogen) atoms. The number of para-hydroxylation sites is 2. The van der Waals surface area contributed by atoms with Crippen molar-refractivity contribution in [1.29, 1.82) is 0 Å². The Balaban J connectivity index is 1.26. The van der Waals surface area contributed by atoms with Crippen molar-refractivity contribution < 1.29 is 27.4 Å². The molecular formula is C25H21N3O6S2. The Hall–Kier alpha value is -4.09. The van der Waals surface area contributed by atoms with Crippen LogP contribution < -0.4 is 19.5 Å². The Labute approximate surface area is 211 Å². The van der Waals surface area contributed by atoms with E-state index in [0.29, 0.717) is 35.5 Å². The summed E-state index contributed by atoms with van der Waals surface area (Å²) in [5.41, 5.74) is 1.65. The van der Waals surface area contributed by atoms with E-state index in [2.05, 4.69) is 15.0 Å². The molecule has 11 heteroatoms. The largest absolute Gasteiger partial charge is 0.486 e. The van der Waals surface area contributed by atoms with Gasteiger partial charge in [0.25, 0.3) is 10.0 Å². The molecule has 3 aromatic carbocycles. The first-order valence-electron chi connectivity index (χ1n) is 10.9. The molecular weight excluding hydrogens is 502 g/mol. The van der Waals surface area contributed by atoms with Gasteiger partial charge in [0, 0.05) is 17.1 Å². The third-order valence-corrected chi connectivity index (χ3v) is 7.31. The Morgan fingerprint density at radius 3 is 2.56 bits per heavy atom. The summed E-state index contributed by atoms with van der Waals surface area (Å²) in [7, 11) is -4.01. The molecule has 2 N–H and O–H groups in total. The number of nitrogens with zero attached hydrogens (tertiary/aromatic N) is 1. The summed E-state index contributed by atoms with van der Waals surface area (Å²) < 4.78 is 44.9. The van der Waals surface area contributed by atoms with E-state index in [-0.39, 0.29) is 22.8 Å². The highest BCUT2D eigenvalue weighted by atomic mass is 32.2. The number of hydrogen-bond acceptors (Lipinski definition) is 9. The van der Waals surface area contributed by atoms with Crippen molar-refractivity contribution in [2.75, 3.05) is 23.3 Å². The third kappa shape index (κ3) is 5.42. The molecule has 0 saturated heterocycles. The second kappa shape index (κ2) is 10.3. The predicted octanol–water partition coefficient (Wildman–Crippen LogP) is 4.82. The number of esters is 1. The molecule has 0 fully saturated rings. The highest BCUT2D eigenvalue weighted by Gasteiger charge is 2.22. The Kier molecular flexibility index (Phi) is 6.74. The number of sulfonamides is 1. The lowest BCUT2D eigenvalue weighted by Gasteiger charge is -2.19. The molecule has 1 aromatic heterocycles. The number of nitrogens with one attached hydrogen (secondary N) is 2. The fraction of sp³-hybridized carbons (Fsp3) is 0.120. The van der Waals surface area contributed by atoms with Crippen LogP contribution in [0.2, 0.25) is 0 Å². The van der Waals surface area contributed by atoms with Gasteiger partial charge in [0.1, 0.15) is 19.8 Å². The van der Waals surface area contributed by atoms with Crippen LogP contribution in [0.5, 0.6) is 11.5 Å². The number of fused-ring (bicyclic) bond motifs is 1. The zero-order valence-electron chi connectivity index (χ0n) is 18.8. The molecule has 9 nitrogen and oxygen atoms in total. The van der Waals surface area contributed by atoms with E-state index < -0.39 is 16.0 Å². The van der Waals surface area contributed by atoms with Gasteiger partial charge in [-0.2, -0.15) is 0 Å². The monoisotopic (exact) mass is 523 g/mol. The number of rotatable bonds is 8. The molecule has 5 rings (SSSR count). The maximum atomic E-state index is 13.0. The van der Waals surface area contributed by atoms with Crippen LogP contribution in [0.25, 0.3) is 0 Å². The molecule has 0 radical (unpaired) electrons. The van der Waals surface area contributed by atoms with Gasteiger partial charge in [0.2, 0.25) is 0 Å². The van der Waals surface area contributed by atoms with Crippen LogP contribution in [0.1, 0.15) is 16.1 Å². The van der Waals surface area contributed by atoms with Gasteiger partial charge in [0.05, 0.1) is 21.8 Å². The number of ether oxygens (including phenoxy) is 3. The number of benzene rings is 3. The normalized spacial score (nSPS) is 12.6. The molecule has 2 heterocycles. The highest BCUT2D eigenvalue weighted by Crippen LogP contribution is 2.33. The van der Waals surface area contributed by atoms with Crippen LogP contribution >= 0.6 is 11.3 Å². The van der Waals surface area contributed by atoms with Crippen LogP contribution in [0.4, 0.5) is 16.5 Å². The summed E-state index contributed by atoms with van der Waals surface area (Å²) in [5, 5.41) is 5.64. The topological polar surface area (TPSA) is 116 Å². The van der Waals surface area contributed by atoms with Crippen LogP contribution in [0, 0.1) is 0 Å². The minimum Gasteiger partial charge on any atom is -0.486 e. The van der Waals surface area contributed by atoms with Gasteiger partial charge in [-0.15, -0.1) is 11.3 Å². The van der Waals surface area contributed by atoms with Gasteiger partial charge < -0.3 is 19.5 Å². The third-order valence-electron chi connectivity index (χ3n) is 5.14. The zero-order valence-corrected chi connectivity index (χ0v) is 20.5. The van der Waals surface area contributed by atoms with Crippen LogP contribution in [-0.2, 0) is 21.4 Å². The van der Waals surface area contributed by atoms with E-state index in [1.807, 2.05) is 30.3 Å². The van der Waals surface area contributed by atoms with E-state index >= 15 is 0 Å². The lowest BCUT2D eigenvalue weighted by molar-refractivity contribution is 0.0470. The van der Waals surface area contributed by atoms with Crippen molar-refractivity contribution >= 4 is 43.8 Å². The first-order valence-corrected chi connectivity index (χ1v) is 13.3. The van der Waals surface area contributed by atoms with Crippen molar-refractivity contribution in [2.45, 2.75) is 11.5 Å². The molecule has 0 unspecified atom stereocenters. The first kappa shape index (κ1) is 23.6. The fourth-order valence-corrected chi connectivity index (χ4v) is 5.25. The quantitative estimate of drug-likeness (QED) is 0.316. The van der Waals surface area contributed by atoms with Crippen molar-refractivity contribution in [3.63, 3.8) is 0 Å². The fourth-order valence-electron chi connectivity index (χ4n) is 3.44. The molecule has 1 aliphatic heterocycles. The summed E-state index contributed by atoms with van der Waals surface area (Å²) in [5.74, 6) is 0.149. The SMILES string of the molecule is O=C(OCc1csc(Nc2ccccc2)n1)c1ccccc1NS(=O)(=O)c1ccc2c(c1)OCCO2. The van der Waals surface area contributed by atoms with E-state index in [9.17, 15) is 13.2 Å². The number of carbonyl (C=O) groups excluding carboxylic acids is 1. The Morgan fingerprint density at radius 2 is 1.72 bits per heavy atom. The maximum Gasteiger partial charge on any atom is 0.340 e. The number of aromatic nitrogens is 1. The van der Waals surface area contributed by atoms with Gasteiger partial charge in [-0.3, -0.25) is 4.72 Å². The van der Waals surface area contributed by atoms with Crippen LogP contribution in [0.3, 0.4) is 0 Å². The van der Waals surface area contributed by atoms with Gasteiger partial charge in [-0.05, 0) is 36.4 Å². The molecule has 184 valence electrons. The van der Waals surface area contributed by atoms with Gasteiger partial charge >= 0.3 is 5.97 Å². The number of thiazole rings is 1. The second-order valence-electron chi connectivity index (χ2n) is 7.67. The lowest BCUT2D eigenvalue weighted by Crippen LogP contribution is -2.18. The van der Waals surface area contributed by atoms with Gasteiger partial charge in [-0.25, -0.2) is 18.2 Å². The standard InChI is InChI=1S/C25H21N3O6S2/c29-24(34-15-18-16-35-25(27-18)26-17-6-2-1-3-7-17)20-8-4-5-9-21(20)28-36(30,31)19-10-11-22-23(14-19)33-13-12-32-22/h1-11,14,16,28H,12-13,15H2,(H,26,27). The molecule has 1 aliphatic rings. The van der Waals surface area contributed by atoms with E-state index in [1.54, 1.807) is 17.5 Å². The number of hydrogen-bond donors (Lipinski definition) is 2. The summed E-state index contributed by atoms with van der Waals surface area (Å²) in [6.45, 7) is 0.676. The first-order chi connectivity index (χ1) is 17.5. The summed E-state index contributed by atoms with van der Waals surface area (Å²) in [6.07, 6.45) is 0. The second-order valence-corrected chi connectivity index (χ2v) is 10.2. The Morgan fingerprint density at radius 1 is 0.972 bits per heavy atom. The molecule has 0 atom stereocenters. The van der Waals surface area contributed by atoms with E-state index in [0.717, 1.165) is 5.69 Å². The van der Waals surface area contributed by atoms with E-state index in [4.69, 9.17) is 14.2 Å². The molecule has 0 bridgehead atoms. The molecule has 4 aromatic rings. The molecule has 0 spiro atoms. The highest BCUT2D eigenvalue weighted by molar-refractivity contribution is 7.92. The molecule has 0 saturated carbocycles. The van der Waals surface area contributed by atoms with Crippen LogP contribution in [-0.4, -0.2) is 32.6 Å². The number of anilines is 3. The summed E-state index contributed by atoms with van der Waals surface area (Å²) in [6, 6.07) is 20.2. The van der Waals surface area contributed by atoms with Crippen molar-refractivity contribution in [2.24, 2.45) is 0 Å². The number of carbonyl (C=O) groups is 1. The average Bonchev–Trinajstić information content (AvgIpc) is 3.35. The zero-order chi connectivity index (χ0) is 25.0. The van der Waals surface area contributed by atoms with E-state index in [1.165, 1.54) is 41.7 Å². The minimum absolute atomic E-state index is 0.0177. The minimum atomic E-state index is -4.01. The Bertz CT molecular complexity index is 1490. The van der Waals surface area contributed by atoms with Crippen molar-refractivity contribution in [1.82, 2.24) is 4.98 Å². The van der Waals surface area contributed by atoms with Gasteiger partial charge in [0.15, 0.2) is 16.6 Å². The van der Waals surface area contributed by atoms with Crippen molar-refractivity contribution in [3.8, 4) is 11.5 Å². The lowest BCUT2D eigenvalue weighted by atomic mass is 10.2. The molecule has 0 aliphatic carbocycles. The predicted molar refractivity (Wildman–Crippen MR) is 136 cm³/mol. The average molecular weight is 524 g/mol. The molecule has 0 amide bonds. The van der Waals surface area contributed by atoms with Crippen LogP contribution in [0.15, 0.2) is 83.1 Å². The maximum absolute atomic E-state index is 13.0. The smallest absolute Gasteiger partial charge is 0.340 e.